The first kappa shape index (κ1) is 19.9. The summed E-state index contributed by atoms with van der Waals surface area (Å²) in [6.45, 7) is 4.40. The number of anilines is 1. The minimum absolute atomic E-state index is 0.0653. The lowest BCUT2D eigenvalue weighted by Gasteiger charge is -2.15. The first-order chi connectivity index (χ1) is 13.4. The summed E-state index contributed by atoms with van der Waals surface area (Å²) in [5.41, 5.74) is 14.3. The fourth-order valence-corrected chi connectivity index (χ4v) is 3.82. The minimum atomic E-state index is -0.230. The lowest BCUT2D eigenvalue weighted by atomic mass is 10.0. The molecule has 0 aliphatic carbocycles. The van der Waals surface area contributed by atoms with Crippen LogP contribution < -0.4 is 11.5 Å². The summed E-state index contributed by atoms with van der Waals surface area (Å²) in [5, 5.41) is 10.4. The van der Waals surface area contributed by atoms with E-state index in [4.69, 9.17) is 27.8 Å². The number of likely N-dealkylation sites (tertiary alicyclic amines) is 1. The average Bonchev–Trinajstić information content (AvgIpc) is 3.23. The van der Waals surface area contributed by atoms with Gasteiger partial charge in [0.05, 0.1) is 11.1 Å². The largest absolute Gasteiger partial charge is 0.507 e. The van der Waals surface area contributed by atoms with Crippen LogP contribution in [0.5, 0.6) is 5.75 Å². The number of aromatic hydroxyl groups is 1. The number of nitrogens with one attached hydrogen (secondary N) is 1. The number of carbonyl (C=O) groups is 1. The van der Waals surface area contributed by atoms with E-state index in [9.17, 15) is 9.90 Å². The number of rotatable bonds is 5. The van der Waals surface area contributed by atoms with Gasteiger partial charge >= 0.3 is 0 Å². The van der Waals surface area contributed by atoms with Crippen LogP contribution in [0.25, 0.3) is 11.8 Å². The van der Waals surface area contributed by atoms with Gasteiger partial charge in [-0.25, -0.2) is 0 Å². The van der Waals surface area contributed by atoms with E-state index in [0.29, 0.717) is 46.4 Å². The number of phenols is 1. The third-order valence-corrected chi connectivity index (χ3v) is 5.38. The quantitative estimate of drug-likeness (QED) is 0.573. The second-order valence-electron chi connectivity index (χ2n) is 6.62. The van der Waals surface area contributed by atoms with Crippen molar-refractivity contribution in [3.63, 3.8) is 0 Å². The molecule has 7 nitrogen and oxygen atoms in total. The molecule has 2 aromatic rings. The number of ether oxygens (including phenoxy) is 1. The van der Waals surface area contributed by atoms with Gasteiger partial charge in [0.15, 0.2) is 0 Å². The molecule has 0 bridgehead atoms. The fourth-order valence-electron chi connectivity index (χ4n) is 3.48. The van der Waals surface area contributed by atoms with E-state index in [0.717, 1.165) is 0 Å². The van der Waals surface area contributed by atoms with Crippen molar-refractivity contribution in [2.75, 3.05) is 25.9 Å². The molecule has 0 spiro atoms. The maximum absolute atomic E-state index is 12.0. The molecule has 6 N–H and O–H groups in total. The SMILES string of the molecule is C=CC(=O)N1C[C@H](OC)[C@H](c2[nH]c(N)c(/C=C(\N)c3ccccc3O)c2Cl)C1. The summed E-state index contributed by atoms with van der Waals surface area (Å²) < 4.78 is 5.55. The number of nitrogen functional groups attached to an aromatic ring is 1. The Morgan fingerprint density at radius 1 is 1.43 bits per heavy atom. The Bertz CT molecular complexity index is 938. The van der Waals surface area contributed by atoms with Gasteiger partial charge in [-0.3, -0.25) is 4.79 Å². The predicted octanol–water partition coefficient (Wildman–Crippen LogP) is 2.54. The van der Waals surface area contributed by atoms with E-state index >= 15 is 0 Å². The summed E-state index contributed by atoms with van der Waals surface area (Å²) in [4.78, 5) is 16.7. The molecule has 0 saturated carbocycles. The monoisotopic (exact) mass is 402 g/mol. The zero-order valence-electron chi connectivity index (χ0n) is 15.5. The molecule has 0 unspecified atom stereocenters. The van der Waals surface area contributed by atoms with Crippen LogP contribution in [0.1, 0.15) is 22.7 Å². The van der Waals surface area contributed by atoms with Crippen LogP contribution in [0.2, 0.25) is 5.02 Å². The third kappa shape index (κ3) is 3.58. The molecule has 1 aromatic heterocycles. The summed E-state index contributed by atoms with van der Waals surface area (Å²) in [7, 11) is 1.59. The smallest absolute Gasteiger partial charge is 0.246 e. The highest BCUT2D eigenvalue weighted by atomic mass is 35.5. The number of H-pyrrole nitrogens is 1. The number of benzene rings is 1. The van der Waals surface area contributed by atoms with Gasteiger partial charge in [0.2, 0.25) is 5.91 Å². The molecule has 1 aliphatic heterocycles. The van der Waals surface area contributed by atoms with Gasteiger partial charge in [0.1, 0.15) is 11.6 Å². The van der Waals surface area contributed by atoms with Crippen molar-refractivity contribution in [1.29, 1.82) is 0 Å². The number of hydrogen-bond donors (Lipinski definition) is 4. The number of hydrogen-bond acceptors (Lipinski definition) is 5. The van der Waals surface area contributed by atoms with Crippen molar-refractivity contribution in [2.24, 2.45) is 5.73 Å². The second kappa shape index (κ2) is 8.00. The van der Waals surface area contributed by atoms with Gasteiger partial charge in [-0.05, 0) is 24.3 Å². The van der Waals surface area contributed by atoms with E-state index in [1.807, 2.05) is 0 Å². The van der Waals surface area contributed by atoms with E-state index in [1.54, 1.807) is 42.4 Å². The fraction of sp³-hybridized carbons (Fsp3) is 0.250. The van der Waals surface area contributed by atoms with Crippen molar-refractivity contribution in [3.05, 3.63) is 58.8 Å². The number of carbonyl (C=O) groups excluding carboxylic acids is 1. The average molecular weight is 403 g/mol. The molecular weight excluding hydrogens is 380 g/mol. The molecule has 8 heteroatoms. The Hall–Kier alpha value is -2.90. The summed E-state index contributed by atoms with van der Waals surface area (Å²) in [6.07, 6.45) is 2.67. The van der Waals surface area contributed by atoms with Gasteiger partial charge in [-0.15, -0.1) is 0 Å². The van der Waals surface area contributed by atoms with Gasteiger partial charge in [-0.1, -0.05) is 30.3 Å². The van der Waals surface area contributed by atoms with Crippen molar-refractivity contribution in [1.82, 2.24) is 9.88 Å². The summed E-state index contributed by atoms with van der Waals surface area (Å²) >= 11 is 6.61. The third-order valence-electron chi connectivity index (χ3n) is 4.97. The van der Waals surface area contributed by atoms with E-state index in [-0.39, 0.29) is 23.7 Å². The van der Waals surface area contributed by atoms with Crippen LogP contribution in [0, 0.1) is 0 Å². The highest BCUT2D eigenvalue weighted by Crippen LogP contribution is 2.39. The number of nitrogens with two attached hydrogens (primary N) is 2. The molecule has 148 valence electrons. The van der Waals surface area contributed by atoms with Crippen LogP contribution in [0.15, 0.2) is 36.9 Å². The van der Waals surface area contributed by atoms with E-state index in [2.05, 4.69) is 11.6 Å². The first-order valence-electron chi connectivity index (χ1n) is 8.73. The molecular formula is C20H23ClN4O3. The van der Waals surface area contributed by atoms with Gasteiger partial charge in [0, 0.05) is 48.6 Å². The van der Waals surface area contributed by atoms with Gasteiger partial charge in [-0.2, -0.15) is 0 Å². The number of aromatic amines is 1. The lowest BCUT2D eigenvalue weighted by Crippen LogP contribution is -2.28. The molecule has 2 atom stereocenters. The van der Waals surface area contributed by atoms with Crippen LogP contribution in [0.3, 0.4) is 0 Å². The number of nitrogens with zero attached hydrogens (tertiary/aromatic N) is 1. The molecule has 28 heavy (non-hydrogen) atoms. The van der Waals surface area contributed by atoms with Crippen molar-refractivity contribution < 1.29 is 14.6 Å². The minimum Gasteiger partial charge on any atom is -0.507 e. The molecule has 0 radical (unpaired) electrons. The Morgan fingerprint density at radius 3 is 2.79 bits per heavy atom. The van der Waals surface area contributed by atoms with Crippen LogP contribution in [-0.2, 0) is 9.53 Å². The number of para-hydroxylation sites is 1. The zero-order valence-corrected chi connectivity index (χ0v) is 16.2. The standard InChI is InChI=1S/C20H23ClN4O3/c1-3-17(27)25-9-13(16(10-25)28-2)19-18(21)12(20(23)24-19)8-14(22)11-6-4-5-7-15(11)26/h3-8,13,16,24,26H,1,9-10,22-23H2,2H3/b14-8-/t13-,16+/m1/s1. The van der Waals surface area contributed by atoms with Crippen molar-refractivity contribution in [2.45, 2.75) is 12.0 Å². The topological polar surface area (TPSA) is 118 Å². The van der Waals surface area contributed by atoms with Crippen LogP contribution >= 0.6 is 11.6 Å². The normalized spacial score (nSPS) is 19.8. The maximum Gasteiger partial charge on any atom is 0.246 e. The Balaban J connectivity index is 1.96. The molecule has 1 amide bonds. The number of methoxy groups -OCH3 is 1. The molecule has 3 rings (SSSR count). The van der Waals surface area contributed by atoms with E-state index in [1.165, 1.54) is 6.08 Å². The highest BCUT2D eigenvalue weighted by Gasteiger charge is 2.38. The molecule has 1 saturated heterocycles. The maximum atomic E-state index is 12.0. The summed E-state index contributed by atoms with van der Waals surface area (Å²) in [6, 6.07) is 6.74. The van der Waals surface area contributed by atoms with Gasteiger partial charge in [0.25, 0.3) is 0 Å². The lowest BCUT2D eigenvalue weighted by molar-refractivity contribution is -0.125. The second-order valence-corrected chi connectivity index (χ2v) is 7.00. The molecule has 2 heterocycles. The van der Waals surface area contributed by atoms with Crippen LogP contribution in [-0.4, -0.2) is 47.2 Å². The highest BCUT2D eigenvalue weighted by molar-refractivity contribution is 6.33. The van der Waals surface area contributed by atoms with Crippen molar-refractivity contribution in [3.8, 4) is 5.75 Å². The number of halogens is 1. The van der Waals surface area contributed by atoms with Crippen molar-refractivity contribution >= 4 is 35.1 Å². The zero-order chi connectivity index (χ0) is 20.4. The first-order valence-corrected chi connectivity index (χ1v) is 9.11. The van der Waals surface area contributed by atoms with E-state index < -0.39 is 0 Å². The number of phenolic OH excluding ortho intramolecular Hbond substituents is 1. The molecule has 1 fully saturated rings. The molecule has 1 aromatic carbocycles. The number of amides is 1. The Morgan fingerprint density at radius 2 is 2.14 bits per heavy atom. The molecule has 1 aliphatic rings. The van der Waals surface area contributed by atoms with Gasteiger partial charge < -0.3 is 31.2 Å². The Kier molecular flexibility index (Phi) is 5.67. The summed E-state index contributed by atoms with van der Waals surface area (Å²) in [5.74, 6) is 0.0820. The predicted molar refractivity (Wildman–Crippen MR) is 111 cm³/mol. The number of aromatic nitrogens is 1. The van der Waals surface area contributed by atoms with Crippen LogP contribution in [0.4, 0.5) is 5.82 Å². The Labute approximate surface area is 168 Å².